The van der Waals surface area contributed by atoms with E-state index in [4.69, 9.17) is 0 Å². The Hall–Kier alpha value is -2.17. The molecule has 0 aliphatic rings. The average molecular weight is 258 g/mol. The smallest absolute Gasteiger partial charge is 0.251 e. The molecule has 0 aliphatic heterocycles. The largest absolute Gasteiger partial charge is 0.352 e. The molecule has 0 aliphatic carbocycles. The summed E-state index contributed by atoms with van der Waals surface area (Å²) in [5.74, 6) is -0.0680. The third-order valence-corrected chi connectivity index (χ3v) is 3.26. The van der Waals surface area contributed by atoms with Crippen LogP contribution < -0.4 is 5.32 Å². The van der Waals surface area contributed by atoms with Crippen LogP contribution in [0.1, 0.15) is 27.3 Å². The molecule has 0 radical (unpaired) electrons. The van der Waals surface area contributed by atoms with Gasteiger partial charge in [-0.25, -0.2) is 0 Å². The number of amides is 1. The highest BCUT2D eigenvalue weighted by Gasteiger charge is 2.10. The third-order valence-electron chi connectivity index (χ3n) is 3.26. The Kier molecular flexibility index (Phi) is 3.94. The van der Waals surface area contributed by atoms with E-state index in [0.717, 1.165) is 17.8 Å². The van der Waals surface area contributed by atoms with Gasteiger partial charge >= 0.3 is 0 Å². The molecule has 5 heteroatoms. The Labute approximate surface area is 112 Å². The zero-order valence-corrected chi connectivity index (χ0v) is 11.5. The quantitative estimate of drug-likeness (QED) is 0.902. The SMILES string of the molecule is Cc1nn(C)c(C)c1CCNC(=O)c1ccncc1. The monoisotopic (exact) mass is 258 g/mol. The van der Waals surface area contributed by atoms with Gasteiger partial charge in [0.25, 0.3) is 5.91 Å². The molecular formula is C14H18N4O. The van der Waals surface area contributed by atoms with Crippen LogP contribution in [0.2, 0.25) is 0 Å². The van der Waals surface area contributed by atoms with Gasteiger partial charge in [-0.15, -0.1) is 0 Å². The number of rotatable bonds is 4. The first-order valence-corrected chi connectivity index (χ1v) is 6.27. The number of hydrogen-bond donors (Lipinski definition) is 1. The third kappa shape index (κ3) is 2.99. The van der Waals surface area contributed by atoms with Gasteiger partial charge in [-0.2, -0.15) is 5.10 Å². The number of nitrogens with one attached hydrogen (secondary N) is 1. The first-order chi connectivity index (χ1) is 9.09. The van der Waals surface area contributed by atoms with E-state index >= 15 is 0 Å². The number of aromatic nitrogens is 3. The highest BCUT2D eigenvalue weighted by Crippen LogP contribution is 2.11. The second-order valence-corrected chi connectivity index (χ2v) is 4.51. The first kappa shape index (κ1) is 13.3. The zero-order valence-electron chi connectivity index (χ0n) is 11.5. The number of pyridine rings is 1. The van der Waals surface area contributed by atoms with Crippen molar-refractivity contribution in [3.8, 4) is 0 Å². The maximum absolute atomic E-state index is 11.9. The number of carbonyl (C=O) groups is 1. The van der Waals surface area contributed by atoms with Crippen LogP contribution in [-0.2, 0) is 13.5 Å². The van der Waals surface area contributed by atoms with E-state index in [-0.39, 0.29) is 5.91 Å². The van der Waals surface area contributed by atoms with Crippen molar-refractivity contribution in [2.45, 2.75) is 20.3 Å². The van der Waals surface area contributed by atoms with Gasteiger partial charge in [0.1, 0.15) is 0 Å². The summed E-state index contributed by atoms with van der Waals surface area (Å²) in [7, 11) is 1.93. The van der Waals surface area contributed by atoms with Gasteiger partial charge in [-0.1, -0.05) is 0 Å². The zero-order chi connectivity index (χ0) is 13.8. The van der Waals surface area contributed by atoms with Crippen molar-refractivity contribution in [3.05, 3.63) is 47.0 Å². The first-order valence-electron chi connectivity index (χ1n) is 6.27. The average Bonchev–Trinajstić information content (AvgIpc) is 2.66. The minimum absolute atomic E-state index is 0.0680. The fourth-order valence-corrected chi connectivity index (χ4v) is 2.09. The van der Waals surface area contributed by atoms with Crippen LogP contribution in [0.3, 0.4) is 0 Å². The van der Waals surface area contributed by atoms with E-state index in [1.807, 2.05) is 25.6 Å². The second-order valence-electron chi connectivity index (χ2n) is 4.51. The van der Waals surface area contributed by atoms with E-state index in [2.05, 4.69) is 15.4 Å². The molecule has 0 spiro atoms. The molecule has 0 saturated carbocycles. The fourth-order valence-electron chi connectivity index (χ4n) is 2.09. The molecule has 0 bridgehead atoms. The number of carbonyl (C=O) groups excluding carboxylic acids is 1. The lowest BCUT2D eigenvalue weighted by Crippen LogP contribution is -2.25. The standard InChI is InChI=1S/C14H18N4O/c1-10-13(11(2)18(3)17-10)6-9-16-14(19)12-4-7-15-8-5-12/h4-5,7-8H,6,9H2,1-3H3,(H,16,19). The molecule has 0 saturated heterocycles. The van der Waals surface area contributed by atoms with E-state index in [1.54, 1.807) is 24.5 Å². The summed E-state index contributed by atoms with van der Waals surface area (Å²) in [4.78, 5) is 15.7. The lowest BCUT2D eigenvalue weighted by Gasteiger charge is -2.05. The molecular weight excluding hydrogens is 240 g/mol. The van der Waals surface area contributed by atoms with Crippen LogP contribution in [0.4, 0.5) is 0 Å². The maximum Gasteiger partial charge on any atom is 0.251 e. The Morgan fingerprint density at radius 1 is 1.32 bits per heavy atom. The van der Waals surface area contributed by atoms with Gasteiger partial charge in [0, 0.05) is 37.2 Å². The summed E-state index contributed by atoms with van der Waals surface area (Å²) >= 11 is 0. The molecule has 0 atom stereocenters. The van der Waals surface area contributed by atoms with Crippen LogP contribution in [0, 0.1) is 13.8 Å². The van der Waals surface area contributed by atoms with Crippen molar-refractivity contribution in [1.29, 1.82) is 0 Å². The molecule has 5 nitrogen and oxygen atoms in total. The van der Waals surface area contributed by atoms with Crippen molar-refractivity contribution in [2.24, 2.45) is 7.05 Å². The van der Waals surface area contributed by atoms with E-state index in [0.29, 0.717) is 12.1 Å². The Morgan fingerprint density at radius 2 is 2.00 bits per heavy atom. The van der Waals surface area contributed by atoms with E-state index < -0.39 is 0 Å². The topological polar surface area (TPSA) is 59.8 Å². The summed E-state index contributed by atoms with van der Waals surface area (Å²) in [5.41, 5.74) is 4.01. The second kappa shape index (κ2) is 5.65. The molecule has 0 aromatic carbocycles. The van der Waals surface area contributed by atoms with Crippen LogP contribution in [0.15, 0.2) is 24.5 Å². The van der Waals surface area contributed by atoms with E-state index in [1.165, 1.54) is 5.56 Å². The molecule has 2 aromatic heterocycles. The van der Waals surface area contributed by atoms with Gasteiger partial charge < -0.3 is 5.32 Å². The minimum atomic E-state index is -0.0680. The Morgan fingerprint density at radius 3 is 2.58 bits per heavy atom. The maximum atomic E-state index is 11.9. The van der Waals surface area contributed by atoms with Gasteiger partial charge in [0.05, 0.1) is 5.69 Å². The normalized spacial score (nSPS) is 10.5. The van der Waals surface area contributed by atoms with Crippen LogP contribution >= 0.6 is 0 Å². The number of nitrogens with zero attached hydrogens (tertiary/aromatic N) is 3. The molecule has 2 aromatic rings. The van der Waals surface area contributed by atoms with Crippen molar-refractivity contribution in [1.82, 2.24) is 20.1 Å². The van der Waals surface area contributed by atoms with Crippen molar-refractivity contribution in [3.63, 3.8) is 0 Å². The molecule has 2 rings (SSSR count). The molecule has 19 heavy (non-hydrogen) atoms. The predicted octanol–water partition coefficient (Wildman–Crippen LogP) is 1.40. The number of hydrogen-bond acceptors (Lipinski definition) is 3. The van der Waals surface area contributed by atoms with Crippen LogP contribution in [0.25, 0.3) is 0 Å². The van der Waals surface area contributed by atoms with Gasteiger partial charge in [-0.05, 0) is 38.0 Å². The summed E-state index contributed by atoms with van der Waals surface area (Å²) in [6.07, 6.45) is 4.02. The fraction of sp³-hybridized carbons (Fsp3) is 0.357. The van der Waals surface area contributed by atoms with Crippen LogP contribution in [0.5, 0.6) is 0 Å². The van der Waals surface area contributed by atoms with Crippen LogP contribution in [-0.4, -0.2) is 27.2 Å². The van der Waals surface area contributed by atoms with Gasteiger partial charge in [0.15, 0.2) is 0 Å². The summed E-state index contributed by atoms with van der Waals surface area (Å²) < 4.78 is 1.87. The molecule has 0 fully saturated rings. The lowest BCUT2D eigenvalue weighted by atomic mass is 10.1. The van der Waals surface area contributed by atoms with Gasteiger partial charge in [-0.3, -0.25) is 14.5 Å². The Balaban J connectivity index is 1.92. The summed E-state index contributed by atoms with van der Waals surface area (Å²) in [5, 5.41) is 7.27. The molecule has 2 heterocycles. The predicted molar refractivity (Wildman–Crippen MR) is 73.0 cm³/mol. The van der Waals surface area contributed by atoms with Crippen molar-refractivity contribution >= 4 is 5.91 Å². The summed E-state index contributed by atoms with van der Waals surface area (Å²) in [6, 6.07) is 3.41. The molecule has 0 unspecified atom stereocenters. The highest BCUT2D eigenvalue weighted by atomic mass is 16.1. The molecule has 100 valence electrons. The Bertz CT molecular complexity index is 575. The van der Waals surface area contributed by atoms with E-state index in [9.17, 15) is 4.79 Å². The van der Waals surface area contributed by atoms with Crippen molar-refractivity contribution in [2.75, 3.05) is 6.54 Å². The van der Waals surface area contributed by atoms with Crippen molar-refractivity contribution < 1.29 is 4.79 Å². The highest BCUT2D eigenvalue weighted by molar-refractivity contribution is 5.93. The lowest BCUT2D eigenvalue weighted by molar-refractivity contribution is 0.0954. The minimum Gasteiger partial charge on any atom is -0.352 e. The molecule has 1 amide bonds. The number of aryl methyl sites for hydroxylation is 2. The summed E-state index contributed by atoms with van der Waals surface area (Å²) in [6.45, 7) is 4.64. The van der Waals surface area contributed by atoms with Gasteiger partial charge in [0.2, 0.25) is 0 Å². The molecule has 1 N–H and O–H groups in total.